The van der Waals surface area contributed by atoms with Crippen LogP contribution in [0.3, 0.4) is 0 Å². The highest BCUT2D eigenvalue weighted by atomic mass is 16.6. The van der Waals surface area contributed by atoms with E-state index in [1.165, 1.54) is 27.8 Å². The van der Waals surface area contributed by atoms with E-state index in [0.717, 1.165) is 11.1 Å². The Morgan fingerprint density at radius 1 is 0.966 bits per heavy atom. The van der Waals surface area contributed by atoms with Gasteiger partial charge in [0.1, 0.15) is 6.61 Å². The van der Waals surface area contributed by atoms with E-state index in [2.05, 4.69) is 24.3 Å². The monoisotopic (exact) mass is 384 g/mol. The van der Waals surface area contributed by atoms with Gasteiger partial charge in [0, 0.05) is 29.6 Å². The summed E-state index contributed by atoms with van der Waals surface area (Å²) < 4.78 is 7.04. The summed E-state index contributed by atoms with van der Waals surface area (Å²) in [4.78, 5) is 23.2. The third kappa shape index (κ3) is 2.77. The summed E-state index contributed by atoms with van der Waals surface area (Å²) in [5, 5.41) is 11.6. The van der Waals surface area contributed by atoms with Crippen LogP contribution in [0.15, 0.2) is 79.0 Å². The number of fused-ring (bicyclic) bond motifs is 4. The minimum Gasteiger partial charge on any atom is -0.448 e. The van der Waals surface area contributed by atoms with Crippen molar-refractivity contribution in [1.29, 1.82) is 0 Å². The van der Waals surface area contributed by atoms with Gasteiger partial charge in [0.2, 0.25) is 0 Å². The van der Waals surface area contributed by atoms with E-state index in [1.54, 1.807) is 18.3 Å². The van der Waals surface area contributed by atoms with Gasteiger partial charge >= 0.3 is 6.09 Å². The zero-order chi connectivity index (χ0) is 20.0. The number of rotatable bonds is 3. The lowest BCUT2D eigenvalue weighted by atomic mass is 9.98. The minimum atomic E-state index is -0.504. The molecule has 6 nitrogen and oxygen atoms in total. The van der Waals surface area contributed by atoms with Crippen molar-refractivity contribution in [2.45, 2.75) is 5.92 Å². The quantitative estimate of drug-likeness (QED) is 0.353. The van der Waals surface area contributed by atoms with E-state index in [9.17, 15) is 14.9 Å². The standard InChI is InChI=1S/C23H16N2O4/c26-23(24-12-11-15-13-16(25(27)28)9-10-22(15)24)29-14-21-19-7-3-1-5-17(19)18-6-2-4-8-20(18)21/h1-13,21H,14H2. The molecular weight excluding hydrogens is 368 g/mol. The van der Waals surface area contributed by atoms with E-state index in [0.29, 0.717) is 10.9 Å². The summed E-state index contributed by atoms with van der Waals surface area (Å²) in [6, 6.07) is 22.4. The zero-order valence-corrected chi connectivity index (χ0v) is 15.3. The first-order valence-electron chi connectivity index (χ1n) is 9.24. The molecule has 142 valence electrons. The molecule has 0 amide bonds. The third-order valence-corrected chi connectivity index (χ3v) is 5.42. The molecule has 6 heteroatoms. The van der Waals surface area contributed by atoms with Crippen molar-refractivity contribution in [2.24, 2.45) is 0 Å². The average molecular weight is 384 g/mol. The van der Waals surface area contributed by atoms with Crippen LogP contribution in [0, 0.1) is 10.1 Å². The molecule has 29 heavy (non-hydrogen) atoms. The Kier molecular flexibility index (Phi) is 3.91. The Labute approximate surface area is 166 Å². The summed E-state index contributed by atoms with van der Waals surface area (Å²) >= 11 is 0. The summed E-state index contributed by atoms with van der Waals surface area (Å²) in [5.41, 5.74) is 5.20. The Bertz CT molecular complexity index is 1230. The van der Waals surface area contributed by atoms with Gasteiger partial charge in [-0.25, -0.2) is 4.79 Å². The van der Waals surface area contributed by atoms with Crippen LogP contribution in [-0.4, -0.2) is 22.2 Å². The zero-order valence-electron chi connectivity index (χ0n) is 15.3. The van der Waals surface area contributed by atoms with Crippen LogP contribution >= 0.6 is 0 Å². The molecule has 4 aromatic rings. The lowest BCUT2D eigenvalue weighted by Crippen LogP contribution is -2.17. The van der Waals surface area contributed by atoms with Gasteiger partial charge in [-0.2, -0.15) is 0 Å². The molecule has 0 spiro atoms. The Hall–Kier alpha value is -3.93. The maximum atomic E-state index is 12.7. The average Bonchev–Trinajstić information content (AvgIpc) is 3.31. The van der Waals surface area contributed by atoms with Gasteiger partial charge in [-0.05, 0) is 34.4 Å². The molecule has 5 rings (SSSR count). The number of nitro benzene ring substituents is 1. The SMILES string of the molecule is O=C(OCC1c2ccccc2-c2ccccc21)n1ccc2cc([N+](=O)[O-])ccc21. The van der Waals surface area contributed by atoms with Gasteiger partial charge in [-0.1, -0.05) is 48.5 Å². The van der Waals surface area contributed by atoms with Crippen LogP contribution in [0.2, 0.25) is 0 Å². The number of hydrogen-bond acceptors (Lipinski definition) is 4. The number of nitrogens with zero attached hydrogens (tertiary/aromatic N) is 2. The molecular formula is C23H16N2O4. The molecule has 0 atom stereocenters. The van der Waals surface area contributed by atoms with E-state index in [-0.39, 0.29) is 18.2 Å². The van der Waals surface area contributed by atoms with Crippen LogP contribution in [0.25, 0.3) is 22.0 Å². The number of aromatic nitrogens is 1. The normalized spacial score (nSPS) is 12.6. The number of carbonyl (C=O) groups excluding carboxylic acids is 1. The van der Waals surface area contributed by atoms with Gasteiger partial charge in [0.05, 0.1) is 10.4 Å². The molecule has 1 aliphatic rings. The number of non-ortho nitro benzene ring substituents is 1. The van der Waals surface area contributed by atoms with Crippen molar-refractivity contribution < 1.29 is 14.5 Å². The van der Waals surface area contributed by atoms with E-state index in [4.69, 9.17) is 4.74 Å². The fraction of sp³-hybridized carbons (Fsp3) is 0.0870. The first-order valence-corrected chi connectivity index (χ1v) is 9.24. The molecule has 3 aromatic carbocycles. The summed E-state index contributed by atoms with van der Waals surface area (Å²) in [6.07, 6.45) is 1.07. The van der Waals surface area contributed by atoms with Crippen molar-refractivity contribution >= 4 is 22.7 Å². The van der Waals surface area contributed by atoms with Gasteiger partial charge < -0.3 is 4.74 Å². The van der Waals surface area contributed by atoms with Crippen LogP contribution in [0.4, 0.5) is 10.5 Å². The number of nitro groups is 1. The predicted molar refractivity (Wildman–Crippen MR) is 109 cm³/mol. The van der Waals surface area contributed by atoms with Crippen molar-refractivity contribution in [3.8, 4) is 11.1 Å². The molecule has 1 aliphatic carbocycles. The Balaban J connectivity index is 1.41. The molecule has 0 saturated carbocycles. The predicted octanol–water partition coefficient (Wildman–Crippen LogP) is 5.35. The fourth-order valence-electron chi connectivity index (χ4n) is 4.07. The maximum absolute atomic E-state index is 12.7. The van der Waals surface area contributed by atoms with E-state index >= 15 is 0 Å². The van der Waals surface area contributed by atoms with Crippen molar-refractivity contribution in [2.75, 3.05) is 6.61 Å². The number of ether oxygens (including phenoxy) is 1. The Morgan fingerprint density at radius 3 is 2.28 bits per heavy atom. The molecule has 0 radical (unpaired) electrons. The van der Waals surface area contributed by atoms with Gasteiger partial charge in [-0.3, -0.25) is 14.7 Å². The minimum absolute atomic E-state index is 0.0113. The highest BCUT2D eigenvalue weighted by Crippen LogP contribution is 2.44. The fourth-order valence-corrected chi connectivity index (χ4v) is 4.07. The number of carbonyl (C=O) groups is 1. The summed E-state index contributed by atoms with van der Waals surface area (Å²) in [6.45, 7) is 0.222. The van der Waals surface area contributed by atoms with E-state index in [1.807, 2.05) is 24.3 Å². The van der Waals surface area contributed by atoms with Crippen LogP contribution in [0.5, 0.6) is 0 Å². The third-order valence-electron chi connectivity index (χ3n) is 5.42. The molecule has 0 fully saturated rings. The number of benzene rings is 3. The first-order chi connectivity index (χ1) is 14.1. The molecule has 0 unspecified atom stereocenters. The molecule has 1 aromatic heterocycles. The molecule has 1 heterocycles. The molecule has 0 N–H and O–H groups in total. The smallest absolute Gasteiger partial charge is 0.418 e. The highest BCUT2D eigenvalue weighted by molar-refractivity contribution is 5.90. The largest absolute Gasteiger partial charge is 0.448 e. The van der Waals surface area contributed by atoms with E-state index < -0.39 is 11.0 Å². The van der Waals surface area contributed by atoms with Gasteiger partial charge in [0.25, 0.3) is 5.69 Å². The lowest BCUT2D eigenvalue weighted by molar-refractivity contribution is -0.384. The van der Waals surface area contributed by atoms with Crippen molar-refractivity contribution in [3.05, 3.63) is 100 Å². The summed E-state index contributed by atoms with van der Waals surface area (Å²) in [5.74, 6) is -0.0192. The second-order valence-electron chi connectivity index (χ2n) is 6.99. The lowest BCUT2D eigenvalue weighted by Gasteiger charge is -2.14. The first kappa shape index (κ1) is 17.2. The topological polar surface area (TPSA) is 74.4 Å². The van der Waals surface area contributed by atoms with Crippen LogP contribution < -0.4 is 0 Å². The molecule has 0 aliphatic heterocycles. The number of hydrogen-bond donors (Lipinski definition) is 0. The van der Waals surface area contributed by atoms with Crippen LogP contribution in [-0.2, 0) is 4.74 Å². The second-order valence-corrected chi connectivity index (χ2v) is 6.99. The maximum Gasteiger partial charge on any atom is 0.418 e. The highest BCUT2D eigenvalue weighted by Gasteiger charge is 2.29. The summed E-state index contributed by atoms with van der Waals surface area (Å²) in [7, 11) is 0. The van der Waals surface area contributed by atoms with Crippen molar-refractivity contribution in [1.82, 2.24) is 4.57 Å². The van der Waals surface area contributed by atoms with Crippen LogP contribution in [0.1, 0.15) is 17.0 Å². The van der Waals surface area contributed by atoms with Gasteiger partial charge in [-0.15, -0.1) is 0 Å². The van der Waals surface area contributed by atoms with Crippen molar-refractivity contribution in [3.63, 3.8) is 0 Å². The molecule has 0 saturated heterocycles. The Morgan fingerprint density at radius 2 is 1.62 bits per heavy atom. The second kappa shape index (κ2) is 6.60. The van der Waals surface area contributed by atoms with Gasteiger partial charge in [0.15, 0.2) is 0 Å². The molecule has 0 bridgehead atoms.